The molecule has 0 aliphatic rings. The maximum atomic E-state index is 12.7. The van der Waals surface area contributed by atoms with E-state index in [1.165, 1.54) is 17.4 Å². The third-order valence-electron chi connectivity index (χ3n) is 4.82. The van der Waals surface area contributed by atoms with Gasteiger partial charge < -0.3 is 9.15 Å². The molecule has 0 amide bonds. The van der Waals surface area contributed by atoms with E-state index in [4.69, 9.17) is 9.15 Å². The summed E-state index contributed by atoms with van der Waals surface area (Å²) in [7, 11) is 0. The second-order valence-electron chi connectivity index (χ2n) is 6.92. The van der Waals surface area contributed by atoms with Crippen LogP contribution in [0.1, 0.15) is 10.4 Å². The van der Waals surface area contributed by atoms with E-state index < -0.39 is 11.6 Å². The first kappa shape index (κ1) is 20.4. The summed E-state index contributed by atoms with van der Waals surface area (Å²) in [4.78, 5) is 29.7. The van der Waals surface area contributed by atoms with Crippen LogP contribution in [0.15, 0.2) is 97.9 Å². The van der Waals surface area contributed by atoms with Gasteiger partial charge in [0, 0.05) is 26.9 Å². The highest BCUT2D eigenvalue weighted by Gasteiger charge is 2.15. The number of nitrogens with zero attached hydrogens (tertiary/aromatic N) is 1. The topological polar surface area (TPSA) is 69.4 Å². The Hall–Kier alpha value is -3.55. The molecule has 0 bridgehead atoms. The van der Waals surface area contributed by atoms with Crippen LogP contribution in [0.3, 0.4) is 0 Å². The van der Waals surface area contributed by atoms with Gasteiger partial charge in [-0.1, -0.05) is 42.5 Å². The van der Waals surface area contributed by atoms with E-state index in [1.807, 2.05) is 41.8 Å². The number of carbonyl (C=O) groups excluding carboxylic acids is 1. The molecule has 0 N–H and O–H groups in total. The zero-order valence-corrected chi connectivity index (χ0v) is 18.9. The van der Waals surface area contributed by atoms with Gasteiger partial charge in [-0.25, -0.2) is 14.6 Å². The molecule has 5 rings (SSSR count). The molecule has 5 aromatic rings. The molecule has 5 nitrogen and oxygen atoms in total. The zero-order valence-electron chi connectivity index (χ0n) is 16.4. The molecule has 3 aromatic carbocycles. The van der Waals surface area contributed by atoms with Crippen LogP contribution in [0.2, 0.25) is 0 Å². The monoisotopic (exact) mass is 503 g/mol. The summed E-state index contributed by atoms with van der Waals surface area (Å²) in [6, 6.07) is 23.5. The molecular formula is C25H14BrNO4S. The fourth-order valence-corrected chi connectivity index (χ4v) is 4.51. The first-order valence-corrected chi connectivity index (χ1v) is 11.3. The van der Waals surface area contributed by atoms with Crippen molar-refractivity contribution in [2.75, 3.05) is 0 Å². The van der Waals surface area contributed by atoms with E-state index in [9.17, 15) is 9.59 Å². The van der Waals surface area contributed by atoms with Gasteiger partial charge in [0.25, 0.3) is 0 Å². The molecule has 0 aliphatic carbocycles. The first-order valence-electron chi connectivity index (χ1n) is 9.64. The summed E-state index contributed by atoms with van der Waals surface area (Å²) in [6.45, 7) is 0. The van der Waals surface area contributed by atoms with Crippen molar-refractivity contribution in [3.8, 4) is 27.6 Å². The fourth-order valence-electron chi connectivity index (χ4n) is 3.23. The van der Waals surface area contributed by atoms with Crippen molar-refractivity contribution >= 4 is 44.2 Å². The Morgan fingerprint density at radius 2 is 1.75 bits per heavy atom. The number of rotatable bonds is 4. The highest BCUT2D eigenvalue weighted by molar-refractivity contribution is 9.10. The number of carbonyl (C=O) groups is 1. The number of hydrogen-bond acceptors (Lipinski definition) is 6. The molecule has 7 heteroatoms. The highest BCUT2D eigenvalue weighted by atomic mass is 79.9. The van der Waals surface area contributed by atoms with Crippen molar-refractivity contribution in [1.82, 2.24) is 4.98 Å². The van der Waals surface area contributed by atoms with Gasteiger partial charge in [-0.3, -0.25) is 0 Å². The van der Waals surface area contributed by atoms with Gasteiger partial charge in [0.2, 0.25) is 0 Å². The third kappa shape index (κ3) is 4.00. The standard InChI is InChI=1S/C25H14BrNO4S/c26-20-9-5-4-8-18(20)24(28)30-17-11-10-16-12-19(25(29)31-22(16)13-17)23-27-21(14-32-23)15-6-2-1-3-7-15/h1-14H. The molecule has 2 aromatic heterocycles. The lowest BCUT2D eigenvalue weighted by Gasteiger charge is -2.07. The van der Waals surface area contributed by atoms with Crippen LogP contribution < -0.4 is 10.4 Å². The minimum Gasteiger partial charge on any atom is -0.423 e. The average molecular weight is 504 g/mol. The van der Waals surface area contributed by atoms with Crippen LogP contribution in [-0.2, 0) is 0 Å². The number of fused-ring (bicyclic) bond motifs is 1. The van der Waals surface area contributed by atoms with Crippen LogP contribution in [0.5, 0.6) is 5.75 Å². The molecule has 0 atom stereocenters. The van der Waals surface area contributed by atoms with Crippen LogP contribution in [0.4, 0.5) is 0 Å². The number of halogens is 1. The lowest BCUT2D eigenvalue weighted by Crippen LogP contribution is -2.09. The Bertz CT molecular complexity index is 1510. The van der Waals surface area contributed by atoms with Gasteiger partial charge in [-0.15, -0.1) is 11.3 Å². The average Bonchev–Trinajstić information content (AvgIpc) is 3.29. The van der Waals surface area contributed by atoms with Crippen molar-refractivity contribution < 1.29 is 13.9 Å². The van der Waals surface area contributed by atoms with Crippen molar-refractivity contribution in [2.24, 2.45) is 0 Å². The van der Waals surface area contributed by atoms with Crippen LogP contribution >= 0.6 is 27.3 Å². The summed E-state index contributed by atoms with van der Waals surface area (Å²) in [5, 5.41) is 3.21. The van der Waals surface area contributed by atoms with E-state index in [0.29, 0.717) is 31.6 Å². The van der Waals surface area contributed by atoms with E-state index in [0.717, 1.165) is 11.3 Å². The Morgan fingerprint density at radius 3 is 2.56 bits per heavy atom. The minimum atomic E-state index is -0.507. The number of ether oxygens (including phenoxy) is 1. The SMILES string of the molecule is O=C(Oc1ccc2cc(-c3nc(-c4ccccc4)cs3)c(=O)oc2c1)c1ccccc1Br. The Balaban J connectivity index is 1.45. The fraction of sp³-hybridized carbons (Fsp3) is 0. The maximum absolute atomic E-state index is 12.7. The normalized spacial score (nSPS) is 10.9. The summed E-state index contributed by atoms with van der Waals surface area (Å²) in [5.74, 6) is -0.221. The van der Waals surface area contributed by atoms with Gasteiger partial charge in [0.15, 0.2) is 0 Å². The van der Waals surface area contributed by atoms with Gasteiger partial charge >= 0.3 is 11.6 Å². The van der Waals surface area contributed by atoms with E-state index in [-0.39, 0.29) is 5.75 Å². The third-order valence-corrected chi connectivity index (χ3v) is 6.38. The van der Waals surface area contributed by atoms with E-state index >= 15 is 0 Å². The van der Waals surface area contributed by atoms with Crippen molar-refractivity contribution in [3.05, 3.63) is 105 Å². The second kappa shape index (κ2) is 8.53. The number of esters is 1. The molecule has 0 aliphatic heterocycles. The molecule has 0 spiro atoms. The predicted molar refractivity (Wildman–Crippen MR) is 128 cm³/mol. The molecule has 32 heavy (non-hydrogen) atoms. The van der Waals surface area contributed by atoms with Crippen molar-refractivity contribution in [2.45, 2.75) is 0 Å². The summed E-state index contributed by atoms with van der Waals surface area (Å²) in [6.07, 6.45) is 0. The van der Waals surface area contributed by atoms with Crippen LogP contribution in [0, 0.1) is 0 Å². The molecule has 0 saturated carbocycles. The van der Waals surface area contributed by atoms with Gasteiger partial charge in [0.05, 0.1) is 16.8 Å². The van der Waals surface area contributed by atoms with Crippen molar-refractivity contribution in [3.63, 3.8) is 0 Å². The number of aromatic nitrogens is 1. The molecular weight excluding hydrogens is 490 g/mol. The summed E-state index contributed by atoms with van der Waals surface area (Å²) < 4.78 is 11.6. The Morgan fingerprint density at radius 1 is 0.969 bits per heavy atom. The number of hydrogen-bond donors (Lipinski definition) is 0. The second-order valence-corrected chi connectivity index (χ2v) is 8.63. The highest BCUT2D eigenvalue weighted by Crippen LogP contribution is 2.30. The molecule has 0 saturated heterocycles. The lowest BCUT2D eigenvalue weighted by molar-refractivity contribution is 0.0734. The number of thiazole rings is 1. The first-order chi connectivity index (χ1) is 15.6. The van der Waals surface area contributed by atoms with E-state index in [2.05, 4.69) is 20.9 Å². The van der Waals surface area contributed by atoms with Gasteiger partial charge in [-0.05, 0) is 46.3 Å². The molecule has 2 heterocycles. The van der Waals surface area contributed by atoms with Crippen LogP contribution in [-0.4, -0.2) is 11.0 Å². The Labute approximate surface area is 195 Å². The number of benzene rings is 3. The molecule has 156 valence electrons. The Kier molecular flexibility index (Phi) is 5.43. The van der Waals surface area contributed by atoms with E-state index in [1.54, 1.807) is 36.4 Å². The predicted octanol–water partition coefficient (Wildman–Crippen LogP) is 6.57. The quantitative estimate of drug-likeness (QED) is 0.157. The maximum Gasteiger partial charge on any atom is 0.346 e. The zero-order chi connectivity index (χ0) is 22.1. The van der Waals surface area contributed by atoms with Crippen molar-refractivity contribution in [1.29, 1.82) is 0 Å². The molecule has 0 fully saturated rings. The summed E-state index contributed by atoms with van der Waals surface area (Å²) in [5.41, 5.74) is 2.41. The summed E-state index contributed by atoms with van der Waals surface area (Å²) >= 11 is 4.73. The smallest absolute Gasteiger partial charge is 0.346 e. The molecule has 0 radical (unpaired) electrons. The molecule has 0 unspecified atom stereocenters. The lowest BCUT2D eigenvalue weighted by atomic mass is 10.1. The van der Waals surface area contributed by atoms with Crippen LogP contribution in [0.25, 0.3) is 32.8 Å². The van der Waals surface area contributed by atoms with Gasteiger partial charge in [0.1, 0.15) is 16.3 Å². The van der Waals surface area contributed by atoms with Gasteiger partial charge in [-0.2, -0.15) is 0 Å². The largest absolute Gasteiger partial charge is 0.423 e. The minimum absolute atomic E-state index is 0.287.